The van der Waals surface area contributed by atoms with Crippen molar-refractivity contribution in [3.63, 3.8) is 0 Å². The first-order valence-electron chi connectivity index (χ1n) is 6.49. The van der Waals surface area contributed by atoms with Crippen molar-refractivity contribution in [3.05, 3.63) is 69.4 Å². The molecule has 0 fully saturated rings. The lowest BCUT2D eigenvalue weighted by atomic mass is 10.2. The van der Waals surface area contributed by atoms with Gasteiger partial charge in [0.15, 0.2) is 0 Å². The number of fused-ring (bicyclic) bond motifs is 3. The minimum atomic E-state index is -0.107. The molecule has 1 N–H and O–H groups in total. The maximum atomic E-state index is 12.1. The molecule has 0 aliphatic heterocycles. The van der Waals surface area contributed by atoms with Gasteiger partial charge in [0.05, 0.1) is 16.6 Å². The lowest BCUT2D eigenvalue weighted by molar-refractivity contribution is 0.980. The Hall–Kier alpha value is -2.40. The first kappa shape index (κ1) is 12.3. The Balaban J connectivity index is 2.10. The number of nitrogens with one attached hydrogen (secondary N) is 1. The Kier molecular flexibility index (Phi) is 2.68. The molecule has 21 heavy (non-hydrogen) atoms. The largest absolute Gasteiger partial charge is 0.306 e. The van der Waals surface area contributed by atoms with E-state index in [2.05, 4.69) is 26.0 Å². The van der Waals surface area contributed by atoms with Gasteiger partial charge in [-0.15, -0.1) is 0 Å². The predicted octanol–water partition coefficient (Wildman–Crippen LogP) is 3.61. The molecule has 2 heterocycles. The first-order valence-corrected chi connectivity index (χ1v) is 7.28. The van der Waals surface area contributed by atoms with Crippen molar-refractivity contribution in [3.8, 4) is 11.3 Å². The molecule has 4 aromatic rings. The van der Waals surface area contributed by atoms with Crippen molar-refractivity contribution in [2.24, 2.45) is 0 Å². The van der Waals surface area contributed by atoms with Crippen LogP contribution in [0.2, 0.25) is 0 Å². The third kappa shape index (κ3) is 1.97. The summed E-state index contributed by atoms with van der Waals surface area (Å²) in [5.74, 6) is 0. The van der Waals surface area contributed by atoms with Crippen LogP contribution in [0, 0.1) is 0 Å². The Morgan fingerprint density at radius 2 is 1.86 bits per heavy atom. The van der Waals surface area contributed by atoms with Crippen LogP contribution in [0.25, 0.3) is 27.8 Å². The number of nitrogens with zero attached hydrogens (tertiary/aromatic N) is 2. The summed E-state index contributed by atoms with van der Waals surface area (Å²) < 4.78 is 2.68. The van der Waals surface area contributed by atoms with E-state index in [1.807, 2.05) is 48.5 Å². The highest BCUT2D eigenvalue weighted by molar-refractivity contribution is 9.10. The molecule has 0 amide bonds. The van der Waals surface area contributed by atoms with Crippen molar-refractivity contribution < 1.29 is 0 Å². The zero-order valence-electron chi connectivity index (χ0n) is 10.9. The maximum Gasteiger partial charge on any atom is 0.259 e. The van der Waals surface area contributed by atoms with E-state index in [0.717, 1.165) is 21.2 Å². The van der Waals surface area contributed by atoms with Crippen molar-refractivity contribution >= 4 is 32.5 Å². The molecule has 0 bridgehead atoms. The van der Waals surface area contributed by atoms with Crippen molar-refractivity contribution in [2.75, 3.05) is 0 Å². The number of aromatic amines is 1. The van der Waals surface area contributed by atoms with E-state index in [-0.39, 0.29) is 5.56 Å². The average molecular weight is 340 g/mol. The second-order valence-electron chi connectivity index (χ2n) is 4.81. The summed E-state index contributed by atoms with van der Waals surface area (Å²) in [6.45, 7) is 0. The summed E-state index contributed by atoms with van der Waals surface area (Å²) in [6.07, 6.45) is 0. The first-order chi connectivity index (χ1) is 10.2. The van der Waals surface area contributed by atoms with Crippen LogP contribution in [0.3, 0.4) is 0 Å². The molecule has 0 radical (unpaired) electrons. The highest BCUT2D eigenvalue weighted by atomic mass is 79.9. The van der Waals surface area contributed by atoms with Crippen LogP contribution in [0.5, 0.6) is 0 Å². The Labute approximate surface area is 128 Å². The highest BCUT2D eigenvalue weighted by Gasteiger charge is 2.10. The van der Waals surface area contributed by atoms with Gasteiger partial charge < -0.3 is 4.98 Å². The molecule has 4 rings (SSSR count). The SMILES string of the molecule is O=c1[nH]c2cc(-c3ccccc3)nn2c2cc(Br)ccc12. The summed E-state index contributed by atoms with van der Waals surface area (Å²) in [4.78, 5) is 15.0. The van der Waals surface area contributed by atoms with E-state index in [1.165, 1.54) is 0 Å². The molecule has 0 saturated heterocycles. The standard InChI is InChI=1S/C16H10BrN3O/c17-11-6-7-12-14(8-11)20-15(18-16(12)21)9-13(19-20)10-4-2-1-3-5-10/h1-9H,(H,18,21). The van der Waals surface area contributed by atoms with Crippen LogP contribution >= 0.6 is 15.9 Å². The fraction of sp³-hybridized carbons (Fsp3) is 0. The number of hydrogen-bond donors (Lipinski definition) is 1. The third-order valence-corrected chi connectivity index (χ3v) is 3.95. The topological polar surface area (TPSA) is 50.2 Å². The van der Waals surface area contributed by atoms with Gasteiger partial charge in [-0.3, -0.25) is 4.79 Å². The monoisotopic (exact) mass is 339 g/mol. The summed E-state index contributed by atoms with van der Waals surface area (Å²) in [7, 11) is 0. The average Bonchev–Trinajstić information content (AvgIpc) is 2.92. The van der Waals surface area contributed by atoms with E-state index >= 15 is 0 Å². The van der Waals surface area contributed by atoms with E-state index in [4.69, 9.17) is 0 Å². The maximum absolute atomic E-state index is 12.1. The van der Waals surface area contributed by atoms with Crippen LogP contribution < -0.4 is 5.56 Å². The van der Waals surface area contributed by atoms with E-state index in [0.29, 0.717) is 11.0 Å². The zero-order chi connectivity index (χ0) is 14.4. The molecule has 5 heteroatoms. The number of H-pyrrole nitrogens is 1. The van der Waals surface area contributed by atoms with Gasteiger partial charge in [0.1, 0.15) is 5.65 Å². The molecule has 0 saturated carbocycles. The van der Waals surface area contributed by atoms with E-state index < -0.39 is 0 Å². The van der Waals surface area contributed by atoms with Crippen molar-refractivity contribution in [1.82, 2.24) is 14.6 Å². The Morgan fingerprint density at radius 3 is 2.67 bits per heavy atom. The fourth-order valence-electron chi connectivity index (χ4n) is 2.46. The Bertz CT molecular complexity index is 1020. The van der Waals surface area contributed by atoms with Gasteiger partial charge in [0, 0.05) is 16.1 Å². The molecule has 102 valence electrons. The van der Waals surface area contributed by atoms with Gasteiger partial charge in [0.2, 0.25) is 0 Å². The number of benzene rings is 2. The molecule has 2 aromatic carbocycles. The van der Waals surface area contributed by atoms with Crippen LogP contribution in [0.1, 0.15) is 0 Å². The highest BCUT2D eigenvalue weighted by Crippen LogP contribution is 2.22. The lowest BCUT2D eigenvalue weighted by Gasteiger charge is -2.01. The summed E-state index contributed by atoms with van der Waals surface area (Å²) in [5, 5.41) is 5.24. The summed E-state index contributed by atoms with van der Waals surface area (Å²) in [6, 6.07) is 17.3. The number of halogens is 1. The molecule has 4 nitrogen and oxygen atoms in total. The van der Waals surface area contributed by atoms with Crippen molar-refractivity contribution in [2.45, 2.75) is 0 Å². The Morgan fingerprint density at radius 1 is 1.05 bits per heavy atom. The molecule has 0 aliphatic rings. The number of hydrogen-bond acceptors (Lipinski definition) is 2. The van der Waals surface area contributed by atoms with E-state index in [1.54, 1.807) is 10.6 Å². The van der Waals surface area contributed by atoms with Gasteiger partial charge in [0.25, 0.3) is 5.56 Å². The second-order valence-corrected chi connectivity index (χ2v) is 5.72. The summed E-state index contributed by atoms with van der Waals surface area (Å²) in [5.41, 5.74) is 3.21. The third-order valence-electron chi connectivity index (χ3n) is 3.45. The molecular formula is C16H10BrN3O. The predicted molar refractivity (Wildman–Crippen MR) is 86.5 cm³/mol. The fourth-order valence-corrected chi connectivity index (χ4v) is 2.81. The number of rotatable bonds is 1. The number of aromatic nitrogens is 3. The van der Waals surface area contributed by atoms with Crippen LogP contribution in [-0.2, 0) is 0 Å². The van der Waals surface area contributed by atoms with Gasteiger partial charge in [-0.2, -0.15) is 5.10 Å². The molecular weight excluding hydrogens is 330 g/mol. The van der Waals surface area contributed by atoms with Crippen LogP contribution in [0.15, 0.2) is 63.9 Å². The quantitative estimate of drug-likeness (QED) is 0.576. The minimum Gasteiger partial charge on any atom is -0.306 e. The molecule has 0 unspecified atom stereocenters. The van der Waals surface area contributed by atoms with Crippen LogP contribution in [-0.4, -0.2) is 14.6 Å². The summed E-state index contributed by atoms with van der Waals surface area (Å²) >= 11 is 3.44. The van der Waals surface area contributed by atoms with Crippen LogP contribution in [0.4, 0.5) is 0 Å². The zero-order valence-corrected chi connectivity index (χ0v) is 12.5. The van der Waals surface area contributed by atoms with Gasteiger partial charge in [-0.1, -0.05) is 46.3 Å². The normalized spacial score (nSPS) is 11.3. The van der Waals surface area contributed by atoms with Crippen molar-refractivity contribution in [1.29, 1.82) is 0 Å². The van der Waals surface area contributed by atoms with Gasteiger partial charge in [-0.05, 0) is 18.2 Å². The lowest BCUT2D eigenvalue weighted by Crippen LogP contribution is -2.09. The van der Waals surface area contributed by atoms with Gasteiger partial charge in [-0.25, -0.2) is 4.52 Å². The smallest absolute Gasteiger partial charge is 0.259 e. The molecule has 0 atom stereocenters. The molecule has 2 aromatic heterocycles. The molecule has 0 spiro atoms. The second kappa shape index (κ2) is 4.56. The van der Waals surface area contributed by atoms with E-state index in [9.17, 15) is 4.79 Å². The molecule has 0 aliphatic carbocycles. The van der Waals surface area contributed by atoms with Gasteiger partial charge >= 0.3 is 0 Å². The minimum absolute atomic E-state index is 0.107.